The minimum atomic E-state index is -2.90. The van der Waals surface area contributed by atoms with Gasteiger partial charge in [0, 0.05) is 17.4 Å². The molecule has 3 rings (SSSR count). The number of carbonyl (C=O) groups excluding carboxylic acids is 1. The third-order valence-electron chi connectivity index (χ3n) is 4.44. The van der Waals surface area contributed by atoms with Crippen LogP contribution in [0.2, 0.25) is 0 Å². The summed E-state index contributed by atoms with van der Waals surface area (Å²) in [5, 5.41) is 3.85. The average Bonchev–Trinajstić information content (AvgIpc) is 3.06. The fourth-order valence-electron chi connectivity index (χ4n) is 2.99. The van der Waals surface area contributed by atoms with E-state index in [4.69, 9.17) is 0 Å². The van der Waals surface area contributed by atoms with Gasteiger partial charge in [0.25, 0.3) is 5.91 Å². The molecule has 0 saturated carbocycles. The number of nitrogens with one attached hydrogen (secondary N) is 2. The molecule has 2 N–H and O–H groups in total. The zero-order valence-electron chi connectivity index (χ0n) is 13.4. The molecule has 0 spiro atoms. The molecule has 23 heavy (non-hydrogen) atoms. The number of benzene rings is 1. The quantitative estimate of drug-likeness (QED) is 0.901. The second kappa shape index (κ2) is 6.00. The summed E-state index contributed by atoms with van der Waals surface area (Å²) >= 11 is 0. The summed E-state index contributed by atoms with van der Waals surface area (Å²) < 4.78 is 22.9. The van der Waals surface area contributed by atoms with Crippen LogP contribution in [0.5, 0.6) is 0 Å². The maximum Gasteiger partial charge on any atom is 0.267 e. The van der Waals surface area contributed by atoms with Crippen molar-refractivity contribution in [2.24, 2.45) is 5.92 Å². The molecular formula is C17H22N2O3S. The number of hydrogen-bond acceptors (Lipinski definition) is 3. The lowest BCUT2D eigenvalue weighted by Crippen LogP contribution is -2.30. The Morgan fingerprint density at radius 3 is 2.78 bits per heavy atom. The highest BCUT2D eigenvalue weighted by atomic mass is 32.2. The molecule has 6 heteroatoms. The van der Waals surface area contributed by atoms with Gasteiger partial charge in [0.2, 0.25) is 0 Å². The maximum absolute atomic E-state index is 12.3. The number of sulfone groups is 1. The molecule has 2 aromatic rings. The normalized spacial score (nSPS) is 20.2. The van der Waals surface area contributed by atoms with Gasteiger partial charge in [0.15, 0.2) is 9.84 Å². The molecule has 1 atom stereocenters. The van der Waals surface area contributed by atoms with Crippen molar-refractivity contribution in [1.29, 1.82) is 0 Å². The third-order valence-corrected chi connectivity index (χ3v) is 6.27. The van der Waals surface area contributed by atoms with Gasteiger partial charge in [-0.05, 0) is 36.0 Å². The van der Waals surface area contributed by atoms with E-state index >= 15 is 0 Å². The molecule has 0 aliphatic carbocycles. The zero-order valence-corrected chi connectivity index (χ0v) is 14.2. The van der Waals surface area contributed by atoms with Crippen LogP contribution in [0.15, 0.2) is 24.3 Å². The van der Waals surface area contributed by atoms with Crippen molar-refractivity contribution in [2.75, 3.05) is 18.1 Å². The highest BCUT2D eigenvalue weighted by Crippen LogP contribution is 2.22. The van der Waals surface area contributed by atoms with E-state index in [0.29, 0.717) is 24.6 Å². The summed E-state index contributed by atoms with van der Waals surface area (Å²) in [7, 11) is -2.90. The number of carbonyl (C=O) groups is 1. The Morgan fingerprint density at radius 2 is 2.13 bits per heavy atom. The van der Waals surface area contributed by atoms with Crippen LogP contribution in [0.1, 0.15) is 42.2 Å². The summed E-state index contributed by atoms with van der Waals surface area (Å²) in [6.45, 7) is 4.67. The molecule has 1 saturated heterocycles. The minimum absolute atomic E-state index is 0.0286. The molecular weight excluding hydrogens is 312 g/mol. The highest BCUT2D eigenvalue weighted by Gasteiger charge is 2.28. The molecule has 1 aromatic heterocycles. The Kier molecular flexibility index (Phi) is 4.19. The first kappa shape index (κ1) is 16.1. The molecule has 0 bridgehead atoms. The fourth-order valence-corrected chi connectivity index (χ4v) is 4.85. The van der Waals surface area contributed by atoms with Crippen molar-refractivity contribution >= 4 is 26.6 Å². The highest BCUT2D eigenvalue weighted by molar-refractivity contribution is 7.91. The molecule has 1 aromatic carbocycles. The van der Waals surface area contributed by atoms with Crippen LogP contribution in [0.3, 0.4) is 0 Å². The van der Waals surface area contributed by atoms with Gasteiger partial charge in [-0.3, -0.25) is 4.79 Å². The van der Waals surface area contributed by atoms with Crippen molar-refractivity contribution in [2.45, 2.75) is 26.2 Å². The molecule has 1 unspecified atom stereocenters. The van der Waals surface area contributed by atoms with Gasteiger partial charge in [0.05, 0.1) is 11.5 Å². The van der Waals surface area contributed by atoms with Crippen LogP contribution in [0.4, 0.5) is 0 Å². The molecule has 1 amide bonds. The lowest BCUT2D eigenvalue weighted by Gasteiger charge is -2.08. The Bertz CT molecular complexity index is 837. The van der Waals surface area contributed by atoms with Crippen LogP contribution < -0.4 is 5.32 Å². The Labute approximate surface area is 136 Å². The van der Waals surface area contributed by atoms with E-state index in [-0.39, 0.29) is 23.3 Å². The van der Waals surface area contributed by atoms with Gasteiger partial charge in [-0.2, -0.15) is 0 Å². The smallest absolute Gasteiger partial charge is 0.267 e. The average molecular weight is 334 g/mol. The first-order chi connectivity index (χ1) is 10.8. The number of hydrogen-bond donors (Lipinski definition) is 2. The SMILES string of the molecule is CC(C)c1ccc2cc(C(=O)NCC3CCS(=O)(=O)C3)[nH]c2c1. The van der Waals surface area contributed by atoms with Crippen LogP contribution >= 0.6 is 0 Å². The topological polar surface area (TPSA) is 79.0 Å². The lowest BCUT2D eigenvalue weighted by molar-refractivity contribution is 0.0944. The summed E-state index contributed by atoms with van der Waals surface area (Å²) in [5.41, 5.74) is 2.69. The summed E-state index contributed by atoms with van der Waals surface area (Å²) in [5.74, 6) is 0.692. The van der Waals surface area contributed by atoms with Gasteiger partial charge in [0.1, 0.15) is 5.69 Å². The van der Waals surface area contributed by atoms with Crippen molar-refractivity contribution in [3.63, 3.8) is 0 Å². The first-order valence-electron chi connectivity index (χ1n) is 7.95. The number of rotatable bonds is 4. The van der Waals surface area contributed by atoms with E-state index < -0.39 is 9.84 Å². The maximum atomic E-state index is 12.3. The predicted molar refractivity (Wildman–Crippen MR) is 91.5 cm³/mol. The van der Waals surface area contributed by atoms with E-state index in [2.05, 4.69) is 36.3 Å². The van der Waals surface area contributed by atoms with E-state index in [9.17, 15) is 13.2 Å². The van der Waals surface area contributed by atoms with E-state index in [1.165, 1.54) is 5.56 Å². The van der Waals surface area contributed by atoms with Crippen LogP contribution in [-0.4, -0.2) is 37.4 Å². The first-order valence-corrected chi connectivity index (χ1v) is 9.77. The number of H-pyrrole nitrogens is 1. The molecule has 1 aliphatic rings. The fraction of sp³-hybridized carbons (Fsp3) is 0.471. The molecule has 0 radical (unpaired) electrons. The second-order valence-corrected chi connectivity index (χ2v) is 8.89. The third kappa shape index (κ3) is 3.58. The number of amides is 1. The van der Waals surface area contributed by atoms with Crippen molar-refractivity contribution < 1.29 is 13.2 Å². The number of fused-ring (bicyclic) bond motifs is 1. The van der Waals surface area contributed by atoms with Crippen molar-refractivity contribution in [1.82, 2.24) is 10.3 Å². The summed E-state index contributed by atoms with van der Waals surface area (Å²) in [6.07, 6.45) is 0.632. The monoisotopic (exact) mass is 334 g/mol. The van der Waals surface area contributed by atoms with Gasteiger partial charge in [-0.15, -0.1) is 0 Å². The van der Waals surface area contributed by atoms with Gasteiger partial charge < -0.3 is 10.3 Å². The van der Waals surface area contributed by atoms with Crippen LogP contribution in [0.25, 0.3) is 10.9 Å². The molecule has 124 valence electrons. The largest absolute Gasteiger partial charge is 0.351 e. The van der Waals surface area contributed by atoms with E-state index in [1.807, 2.05) is 12.1 Å². The summed E-state index contributed by atoms with van der Waals surface area (Å²) in [6, 6.07) is 7.99. The molecule has 5 nitrogen and oxygen atoms in total. The predicted octanol–water partition coefficient (Wildman–Crippen LogP) is 2.46. The van der Waals surface area contributed by atoms with Crippen LogP contribution in [0, 0.1) is 5.92 Å². The van der Waals surface area contributed by atoms with Gasteiger partial charge >= 0.3 is 0 Å². The molecule has 2 heterocycles. The van der Waals surface area contributed by atoms with Crippen molar-refractivity contribution in [3.05, 3.63) is 35.5 Å². The summed E-state index contributed by atoms with van der Waals surface area (Å²) in [4.78, 5) is 15.4. The van der Waals surface area contributed by atoms with Gasteiger partial charge in [-0.25, -0.2) is 8.42 Å². The zero-order chi connectivity index (χ0) is 16.6. The van der Waals surface area contributed by atoms with Gasteiger partial charge in [-0.1, -0.05) is 26.0 Å². The molecule has 1 aliphatic heterocycles. The Balaban J connectivity index is 1.69. The molecule has 1 fully saturated rings. The van der Waals surface area contributed by atoms with Crippen LogP contribution in [-0.2, 0) is 9.84 Å². The number of aromatic nitrogens is 1. The lowest BCUT2D eigenvalue weighted by atomic mass is 10.0. The standard InChI is InChI=1S/C17H22N2O3S/c1-11(2)13-3-4-14-8-16(19-15(14)7-13)17(20)18-9-12-5-6-23(21,22)10-12/h3-4,7-8,11-12,19H,5-6,9-10H2,1-2H3,(H,18,20). The van der Waals surface area contributed by atoms with Crippen molar-refractivity contribution in [3.8, 4) is 0 Å². The second-order valence-electron chi connectivity index (χ2n) is 6.66. The Morgan fingerprint density at radius 1 is 1.35 bits per heavy atom. The Hall–Kier alpha value is -1.82. The van der Waals surface area contributed by atoms with E-state index in [1.54, 1.807) is 0 Å². The number of aromatic amines is 1. The van der Waals surface area contributed by atoms with E-state index in [0.717, 1.165) is 10.9 Å². The minimum Gasteiger partial charge on any atom is -0.351 e.